The van der Waals surface area contributed by atoms with E-state index in [4.69, 9.17) is 10.5 Å². The van der Waals surface area contributed by atoms with Gasteiger partial charge in [0.1, 0.15) is 5.82 Å². The van der Waals surface area contributed by atoms with Crippen molar-refractivity contribution < 1.29 is 17.9 Å². The van der Waals surface area contributed by atoms with Crippen molar-refractivity contribution in [2.24, 2.45) is 5.41 Å². The van der Waals surface area contributed by atoms with Crippen molar-refractivity contribution in [2.75, 3.05) is 18.9 Å². The second-order valence-electron chi connectivity index (χ2n) is 4.95. The fraction of sp³-hybridized carbons (Fsp3) is 0.700. The fourth-order valence-corrected chi connectivity index (χ4v) is 2.58. The van der Waals surface area contributed by atoms with Crippen molar-refractivity contribution >= 4 is 5.82 Å². The zero-order chi connectivity index (χ0) is 12.3. The lowest BCUT2D eigenvalue weighted by Gasteiger charge is -2.53. The zero-order valence-electron chi connectivity index (χ0n) is 9.00. The van der Waals surface area contributed by atoms with E-state index in [9.17, 15) is 13.2 Å². The fourth-order valence-electron chi connectivity index (χ4n) is 2.58. The van der Waals surface area contributed by atoms with Gasteiger partial charge in [0.2, 0.25) is 0 Å². The Kier molecular flexibility index (Phi) is 2.02. The van der Waals surface area contributed by atoms with Crippen LogP contribution in [-0.2, 0) is 10.9 Å². The molecule has 1 saturated heterocycles. The number of anilines is 1. The van der Waals surface area contributed by atoms with Crippen molar-refractivity contribution in [3.63, 3.8) is 0 Å². The van der Waals surface area contributed by atoms with Gasteiger partial charge in [-0.15, -0.1) is 0 Å². The smallest absolute Gasteiger partial charge is 0.384 e. The first-order chi connectivity index (χ1) is 7.90. The predicted molar refractivity (Wildman–Crippen MR) is 53.2 cm³/mol. The molecule has 4 nitrogen and oxygen atoms in total. The highest BCUT2D eigenvalue weighted by Crippen LogP contribution is 2.53. The molecule has 0 bridgehead atoms. The maximum atomic E-state index is 12.4. The molecule has 1 aromatic rings. The predicted octanol–water partition coefficient (Wildman–Crippen LogP) is 1.84. The van der Waals surface area contributed by atoms with Gasteiger partial charge in [0.05, 0.1) is 19.3 Å². The Labute approximate surface area is 95.5 Å². The lowest BCUT2D eigenvalue weighted by Crippen LogP contribution is -2.52. The van der Waals surface area contributed by atoms with Crippen LogP contribution in [0.3, 0.4) is 0 Å². The molecule has 0 amide bonds. The summed E-state index contributed by atoms with van der Waals surface area (Å²) >= 11 is 0. The van der Waals surface area contributed by atoms with Gasteiger partial charge in [-0.05, 0) is 12.8 Å². The molecule has 3 rings (SSSR count). The molecule has 2 N–H and O–H groups in total. The van der Waals surface area contributed by atoms with E-state index < -0.39 is 11.9 Å². The summed E-state index contributed by atoms with van der Waals surface area (Å²) in [5, 5.41) is 3.55. The maximum absolute atomic E-state index is 12.4. The molecule has 17 heavy (non-hydrogen) atoms. The maximum Gasteiger partial charge on any atom is 0.435 e. The number of nitrogens with two attached hydrogens (primary N) is 1. The van der Waals surface area contributed by atoms with E-state index in [1.807, 2.05) is 0 Å². The number of nitrogens with zero attached hydrogens (tertiary/aromatic N) is 2. The highest BCUT2D eigenvalue weighted by molar-refractivity contribution is 5.33. The van der Waals surface area contributed by atoms with Crippen LogP contribution in [0.4, 0.5) is 19.0 Å². The molecule has 2 aliphatic rings. The number of ether oxygens (including phenoxy) is 1. The number of hydrogen-bond donors (Lipinski definition) is 1. The van der Waals surface area contributed by atoms with Crippen molar-refractivity contribution in [2.45, 2.75) is 25.1 Å². The minimum Gasteiger partial charge on any atom is -0.384 e. The largest absolute Gasteiger partial charge is 0.435 e. The molecule has 7 heteroatoms. The molecule has 0 aromatic carbocycles. The molecule has 0 unspecified atom stereocenters. The number of nitrogen functional groups attached to an aromatic ring is 1. The summed E-state index contributed by atoms with van der Waals surface area (Å²) in [5.41, 5.74) is 4.83. The third-order valence-electron chi connectivity index (χ3n) is 3.55. The molecular weight excluding hydrogens is 235 g/mol. The summed E-state index contributed by atoms with van der Waals surface area (Å²) in [4.78, 5) is 0. The summed E-state index contributed by atoms with van der Waals surface area (Å²) < 4.78 is 43.7. The second kappa shape index (κ2) is 3.16. The summed E-state index contributed by atoms with van der Waals surface area (Å²) in [5.74, 6) is 0.0809. The number of hydrogen-bond acceptors (Lipinski definition) is 3. The second-order valence-corrected chi connectivity index (χ2v) is 4.95. The van der Waals surface area contributed by atoms with Crippen molar-refractivity contribution in [1.29, 1.82) is 0 Å². The average molecular weight is 247 g/mol. The topological polar surface area (TPSA) is 53.1 Å². The van der Waals surface area contributed by atoms with Crippen molar-refractivity contribution in [1.82, 2.24) is 9.78 Å². The van der Waals surface area contributed by atoms with Gasteiger partial charge in [0, 0.05) is 11.5 Å². The van der Waals surface area contributed by atoms with E-state index in [1.54, 1.807) is 0 Å². The quantitative estimate of drug-likeness (QED) is 0.823. The highest BCUT2D eigenvalue weighted by atomic mass is 19.4. The molecule has 1 aliphatic heterocycles. The van der Waals surface area contributed by atoms with E-state index >= 15 is 0 Å². The molecule has 1 aliphatic carbocycles. The summed E-state index contributed by atoms with van der Waals surface area (Å²) in [7, 11) is 0. The van der Waals surface area contributed by atoms with Crippen LogP contribution in [0.2, 0.25) is 0 Å². The van der Waals surface area contributed by atoms with Gasteiger partial charge in [-0.2, -0.15) is 18.3 Å². The Morgan fingerprint density at radius 3 is 2.47 bits per heavy atom. The monoisotopic (exact) mass is 247 g/mol. The number of rotatable bonds is 1. The van der Waals surface area contributed by atoms with Gasteiger partial charge >= 0.3 is 6.18 Å². The van der Waals surface area contributed by atoms with E-state index in [2.05, 4.69) is 5.10 Å². The van der Waals surface area contributed by atoms with Crippen LogP contribution < -0.4 is 5.73 Å². The Balaban J connectivity index is 1.78. The normalized spacial score (nSPS) is 23.5. The Hall–Kier alpha value is -1.24. The molecule has 1 spiro atoms. The van der Waals surface area contributed by atoms with Crippen LogP contribution >= 0.6 is 0 Å². The molecule has 2 heterocycles. The van der Waals surface area contributed by atoms with Crippen LogP contribution in [0.1, 0.15) is 24.6 Å². The van der Waals surface area contributed by atoms with Crippen LogP contribution in [0, 0.1) is 5.41 Å². The van der Waals surface area contributed by atoms with Crippen LogP contribution in [0.15, 0.2) is 6.07 Å². The first-order valence-electron chi connectivity index (χ1n) is 5.40. The molecular formula is C10H12F3N3O. The SMILES string of the molecule is Nc1cc(C(F)(F)F)nn1C1CC2(COC2)C1. The van der Waals surface area contributed by atoms with Crippen molar-refractivity contribution in [3.05, 3.63) is 11.8 Å². The Morgan fingerprint density at radius 1 is 1.41 bits per heavy atom. The van der Waals surface area contributed by atoms with E-state index in [0.29, 0.717) is 13.2 Å². The number of aromatic nitrogens is 2. The molecule has 0 radical (unpaired) electrons. The molecule has 94 valence electrons. The van der Waals surface area contributed by atoms with Crippen LogP contribution in [-0.4, -0.2) is 23.0 Å². The van der Waals surface area contributed by atoms with Gasteiger partial charge in [-0.3, -0.25) is 0 Å². The van der Waals surface area contributed by atoms with E-state index in [1.165, 1.54) is 4.68 Å². The summed E-state index contributed by atoms with van der Waals surface area (Å²) in [6, 6.07) is 0.873. The van der Waals surface area contributed by atoms with Gasteiger partial charge in [-0.25, -0.2) is 4.68 Å². The van der Waals surface area contributed by atoms with Gasteiger partial charge in [0.15, 0.2) is 5.69 Å². The summed E-state index contributed by atoms with van der Waals surface area (Å²) in [6.07, 6.45) is -2.83. The van der Waals surface area contributed by atoms with Crippen molar-refractivity contribution in [3.8, 4) is 0 Å². The molecule has 2 fully saturated rings. The van der Waals surface area contributed by atoms with Gasteiger partial charge in [0.25, 0.3) is 0 Å². The van der Waals surface area contributed by atoms with E-state index in [-0.39, 0.29) is 17.3 Å². The minimum atomic E-state index is -4.43. The van der Waals surface area contributed by atoms with Crippen LogP contribution in [0.25, 0.3) is 0 Å². The molecule has 1 saturated carbocycles. The van der Waals surface area contributed by atoms with E-state index in [0.717, 1.165) is 18.9 Å². The highest BCUT2D eigenvalue weighted by Gasteiger charge is 2.51. The van der Waals surface area contributed by atoms with Gasteiger partial charge in [-0.1, -0.05) is 0 Å². The average Bonchev–Trinajstić information content (AvgIpc) is 2.42. The Morgan fingerprint density at radius 2 is 2.06 bits per heavy atom. The third kappa shape index (κ3) is 1.60. The number of halogens is 3. The number of alkyl halides is 3. The van der Waals surface area contributed by atoms with Gasteiger partial charge < -0.3 is 10.5 Å². The minimum absolute atomic E-state index is 0.0185. The summed E-state index contributed by atoms with van der Waals surface area (Å²) in [6.45, 7) is 1.41. The Bertz CT molecular complexity index is 442. The van der Waals surface area contributed by atoms with Crippen LogP contribution in [0.5, 0.6) is 0 Å². The molecule has 0 atom stereocenters. The molecule has 1 aromatic heterocycles. The first kappa shape index (κ1) is 10.9. The third-order valence-corrected chi connectivity index (χ3v) is 3.55. The standard InChI is InChI=1S/C10H12F3N3O/c11-10(12,13)7-1-8(14)16(15-7)6-2-9(3-6)4-17-5-9/h1,6H,2-5,14H2. The first-order valence-corrected chi connectivity index (χ1v) is 5.40. The lowest BCUT2D eigenvalue weighted by atomic mass is 9.64. The lowest BCUT2D eigenvalue weighted by molar-refractivity contribution is -0.176. The zero-order valence-corrected chi connectivity index (χ0v) is 9.00.